The van der Waals surface area contributed by atoms with Crippen LogP contribution < -0.4 is 10.2 Å². The molecule has 0 saturated carbocycles. The lowest BCUT2D eigenvalue weighted by Crippen LogP contribution is -2.29. The van der Waals surface area contributed by atoms with Gasteiger partial charge in [-0.25, -0.2) is 0 Å². The number of nitrogens with one attached hydrogen (secondary N) is 1. The van der Waals surface area contributed by atoms with Gasteiger partial charge in [-0.3, -0.25) is 0 Å². The van der Waals surface area contributed by atoms with Crippen molar-refractivity contribution >= 4 is 5.69 Å². The first kappa shape index (κ1) is 17.0. The van der Waals surface area contributed by atoms with Gasteiger partial charge in [-0.2, -0.15) is 0 Å². The Labute approximate surface area is 123 Å². The Morgan fingerprint density at radius 1 is 1.10 bits per heavy atom. The summed E-state index contributed by atoms with van der Waals surface area (Å²) in [5.74, 6) is 0. The number of rotatable bonds is 10. The van der Waals surface area contributed by atoms with Crippen LogP contribution in [0.2, 0.25) is 0 Å². The smallest absolute Gasteiger partial charge is 0.0637 e. The molecule has 4 nitrogen and oxygen atoms in total. The van der Waals surface area contributed by atoms with Crippen molar-refractivity contribution in [2.75, 3.05) is 52.5 Å². The summed E-state index contributed by atoms with van der Waals surface area (Å²) in [6, 6.07) is 6.66. The van der Waals surface area contributed by atoms with Gasteiger partial charge in [0.1, 0.15) is 0 Å². The van der Waals surface area contributed by atoms with Gasteiger partial charge in [-0.05, 0) is 43.7 Å². The van der Waals surface area contributed by atoms with Gasteiger partial charge in [0.15, 0.2) is 0 Å². The van der Waals surface area contributed by atoms with Crippen LogP contribution in [0, 0.1) is 6.92 Å². The van der Waals surface area contributed by atoms with Crippen molar-refractivity contribution in [2.24, 2.45) is 0 Å². The average molecular weight is 280 g/mol. The second-order valence-corrected chi connectivity index (χ2v) is 4.97. The standard InChI is InChI=1S/C16H28N2O2/c1-14-12-16(7-6-15(14)13-17-2)18(9-11-20-4)8-5-10-19-3/h6-7,12,17H,5,8-11,13H2,1-4H3. The van der Waals surface area contributed by atoms with E-state index in [2.05, 4.69) is 35.3 Å². The Morgan fingerprint density at radius 2 is 1.85 bits per heavy atom. The fraction of sp³-hybridized carbons (Fsp3) is 0.625. The van der Waals surface area contributed by atoms with Gasteiger partial charge in [0.25, 0.3) is 0 Å². The van der Waals surface area contributed by atoms with E-state index in [-0.39, 0.29) is 0 Å². The predicted molar refractivity (Wildman–Crippen MR) is 84.5 cm³/mol. The van der Waals surface area contributed by atoms with Gasteiger partial charge in [0.05, 0.1) is 6.61 Å². The van der Waals surface area contributed by atoms with Crippen molar-refractivity contribution < 1.29 is 9.47 Å². The number of methoxy groups -OCH3 is 2. The summed E-state index contributed by atoms with van der Waals surface area (Å²) in [6.45, 7) is 6.51. The molecule has 114 valence electrons. The summed E-state index contributed by atoms with van der Waals surface area (Å²) >= 11 is 0. The monoisotopic (exact) mass is 280 g/mol. The van der Waals surface area contributed by atoms with Gasteiger partial charge >= 0.3 is 0 Å². The van der Waals surface area contributed by atoms with Crippen molar-refractivity contribution in [3.63, 3.8) is 0 Å². The summed E-state index contributed by atoms with van der Waals surface area (Å²) in [4.78, 5) is 2.36. The van der Waals surface area contributed by atoms with Gasteiger partial charge in [-0.1, -0.05) is 6.07 Å². The molecular formula is C16H28N2O2. The molecule has 0 heterocycles. The lowest BCUT2D eigenvalue weighted by atomic mass is 10.1. The Morgan fingerprint density at radius 3 is 2.45 bits per heavy atom. The van der Waals surface area contributed by atoms with Crippen LogP contribution in [0.1, 0.15) is 17.5 Å². The van der Waals surface area contributed by atoms with Gasteiger partial charge in [0, 0.05) is 46.1 Å². The summed E-state index contributed by atoms with van der Waals surface area (Å²) in [5, 5.41) is 3.20. The van der Waals surface area contributed by atoms with Gasteiger partial charge < -0.3 is 19.7 Å². The molecule has 1 N–H and O–H groups in total. The average Bonchev–Trinajstić information content (AvgIpc) is 2.45. The lowest BCUT2D eigenvalue weighted by molar-refractivity contribution is 0.191. The van der Waals surface area contributed by atoms with Crippen molar-refractivity contribution in [1.82, 2.24) is 5.32 Å². The van der Waals surface area contributed by atoms with Crippen LogP contribution in [0.5, 0.6) is 0 Å². The minimum Gasteiger partial charge on any atom is -0.385 e. The number of ether oxygens (including phenoxy) is 2. The van der Waals surface area contributed by atoms with Crippen LogP contribution in [0.25, 0.3) is 0 Å². The highest BCUT2D eigenvalue weighted by atomic mass is 16.5. The number of aryl methyl sites for hydroxylation is 1. The first-order chi connectivity index (χ1) is 9.72. The van der Waals surface area contributed by atoms with Gasteiger partial charge in [-0.15, -0.1) is 0 Å². The summed E-state index contributed by atoms with van der Waals surface area (Å²) in [7, 11) is 5.47. The fourth-order valence-electron chi connectivity index (χ4n) is 2.24. The SMILES string of the molecule is CNCc1ccc(N(CCCOC)CCOC)cc1C. The molecule has 1 aromatic rings. The van der Waals surface area contributed by atoms with Crippen molar-refractivity contribution in [1.29, 1.82) is 0 Å². The lowest BCUT2D eigenvalue weighted by Gasteiger charge is -2.25. The zero-order chi connectivity index (χ0) is 14.8. The van der Waals surface area contributed by atoms with Gasteiger partial charge in [0.2, 0.25) is 0 Å². The molecule has 0 bridgehead atoms. The highest BCUT2D eigenvalue weighted by molar-refractivity contribution is 5.50. The zero-order valence-electron chi connectivity index (χ0n) is 13.2. The Hall–Kier alpha value is -1.10. The summed E-state index contributed by atoms with van der Waals surface area (Å²) < 4.78 is 10.4. The molecule has 0 aliphatic heterocycles. The van der Waals surface area contributed by atoms with E-state index in [1.807, 2.05) is 7.05 Å². The molecule has 0 aliphatic rings. The molecule has 1 aromatic carbocycles. The molecule has 0 fully saturated rings. The van der Waals surface area contributed by atoms with Crippen LogP contribution in [0.15, 0.2) is 18.2 Å². The van der Waals surface area contributed by atoms with E-state index in [1.165, 1.54) is 16.8 Å². The summed E-state index contributed by atoms with van der Waals surface area (Å²) in [5.41, 5.74) is 3.93. The minimum atomic E-state index is 0.740. The van der Waals surface area contributed by atoms with Crippen molar-refractivity contribution in [3.8, 4) is 0 Å². The van der Waals surface area contributed by atoms with E-state index < -0.39 is 0 Å². The number of hydrogen-bond acceptors (Lipinski definition) is 4. The normalized spacial score (nSPS) is 10.8. The molecule has 0 radical (unpaired) electrons. The maximum absolute atomic E-state index is 5.21. The second-order valence-electron chi connectivity index (χ2n) is 4.97. The molecule has 1 rings (SSSR count). The molecule has 0 aromatic heterocycles. The molecule has 0 aliphatic carbocycles. The van der Waals surface area contributed by atoms with E-state index in [0.29, 0.717) is 0 Å². The molecule has 0 unspecified atom stereocenters. The van der Waals surface area contributed by atoms with Crippen LogP contribution in [0.4, 0.5) is 5.69 Å². The molecule has 0 atom stereocenters. The maximum Gasteiger partial charge on any atom is 0.0637 e. The van der Waals surface area contributed by atoms with Crippen LogP contribution in [-0.2, 0) is 16.0 Å². The highest BCUT2D eigenvalue weighted by Gasteiger charge is 2.08. The predicted octanol–water partition coefficient (Wildman–Crippen LogP) is 2.20. The number of anilines is 1. The topological polar surface area (TPSA) is 33.7 Å². The minimum absolute atomic E-state index is 0.740. The Balaban J connectivity index is 2.75. The number of hydrogen-bond donors (Lipinski definition) is 1. The third kappa shape index (κ3) is 5.49. The molecule has 20 heavy (non-hydrogen) atoms. The molecule has 0 spiro atoms. The van der Waals surface area contributed by atoms with E-state index in [0.717, 1.165) is 39.3 Å². The quantitative estimate of drug-likeness (QED) is 0.666. The third-order valence-electron chi connectivity index (χ3n) is 3.40. The van der Waals surface area contributed by atoms with E-state index in [9.17, 15) is 0 Å². The second kappa shape index (κ2) is 9.75. The zero-order valence-corrected chi connectivity index (χ0v) is 13.2. The number of benzene rings is 1. The van der Waals surface area contributed by atoms with Crippen LogP contribution in [0.3, 0.4) is 0 Å². The van der Waals surface area contributed by atoms with Crippen LogP contribution in [-0.4, -0.2) is 47.6 Å². The number of nitrogens with zero attached hydrogens (tertiary/aromatic N) is 1. The van der Waals surface area contributed by atoms with E-state index in [4.69, 9.17) is 9.47 Å². The first-order valence-corrected chi connectivity index (χ1v) is 7.20. The Bertz CT molecular complexity index is 383. The third-order valence-corrected chi connectivity index (χ3v) is 3.40. The van der Waals surface area contributed by atoms with Crippen molar-refractivity contribution in [2.45, 2.75) is 19.9 Å². The fourth-order valence-corrected chi connectivity index (χ4v) is 2.24. The molecular weight excluding hydrogens is 252 g/mol. The maximum atomic E-state index is 5.21. The van der Waals surface area contributed by atoms with E-state index in [1.54, 1.807) is 14.2 Å². The Kier molecular flexibility index (Phi) is 8.26. The molecule has 0 saturated heterocycles. The first-order valence-electron chi connectivity index (χ1n) is 7.20. The van der Waals surface area contributed by atoms with Crippen molar-refractivity contribution in [3.05, 3.63) is 29.3 Å². The largest absolute Gasteiger partial charge is 0.385 e. The van der Waals surface area contributed by atoms with E-state index >= 15 is 0 Å². The highest BCUT2D eigenvalue weighted by Crippen LogP contribution is 2.19. The van der Waals surface area contributed by atoms with Crippen LogP contribution >= 0.6 is 0 Å². The molecule has 4 heteroatoms. The summed E-state index contributed by atoms with van der Waals surface area (Å²) in [6.07, 6.45) is 1.03. The molecule has 0 amide bonds.